The molecule has 0 saturated carbocycles. The Bertz CT molecular complexity index is 484. The molecular weight excluding hydrogens is 264 g/mol. The van der Waals surface area contributed by atoms with Crippen molar-refractivity contribution in [3.05, 3.63) is 24.5 Å². The second-order valence-corrected chi connectivity index (χ2v) is 6.51. The van der Waals surface area contributed by atoms with Crippen LogP contribution in [0.15, 0.2) is 29.4 Å². The highest BCUT2D eigenvalue weighted by Crippen LogP contribution is 2.16. The van der Waals surface area contributed by atoms with Crippen molar-refractivity contribution in [2.24, 2.45) is 5.73 Å². The normalized spacial score (nSPS) is 18.6. The van der Waals surface area contributed by atoms with Gasteiger partial charge >= 0.3 is 0 Å². The number of hydrogen-bond acceptors (Lipinski definition) is 5. The van der Waals surface area contributed by atoms with E-state index in [0.29, 0.717) is 19.6 Å². The van der Waals surface area contributed by atoms with Gasteiger partial charge in [0.1, 0.15) is 4.90 Å². The van der Waals surface area contributed by atoms with Crippen molar-refractivity contribution in [3.8, 4) is 0 Å². The van der Waals surface area contributed by atoms with Crippen molar-refractivity contribution in [2.75, 3.05) is 39.3 Å². The molecule has 6 nitrogen and oxygen atoms in total. The third-order valence-corrected chi connectivity index (χ3v) is 5.16. The molecule has 1 aromatic heterocycles. The maximum absolute atomic E-state index is 12.4. The summed E-state index contributed by atoms with van der Waals surface area (Å²) in [5, 5.41) is 0. The zero-order valence-corrected chi connectivity index (χ0v) is 11.7. The van der Waals surface area contributed by atoms with Gasteiger partial charge in [-0.2, -0.15) is 4.31 Å². The van der Waals surface area contributed by atoms with Gasteiger partial charge < -0.3 is 10.6 Å². The summed E-state index contributed by atoms with van der Waals surface area (Å²) in [7, 11) is -3.39. The first-order valence-corrected chi connectivity index (χ1v) is 7.91. The molecule has 0 amide bonds. The lowest BCUT2D eigenvalue weighted by Gasteiger charge is -2.33. The molecular formula is C12H20N4O2S. The Hall–Kier alpha value is -1.02. The quantitative estimate of drug-likeness (QED) is 0.805. The number of rotatable bonds is 5. The summed E-state index contributed by atoms with van der Waals surface area (Å²) in [6.07, 6.45) is 3.93. The van der Waals surface area contributed by atoms with Crippen LogP contribution in [0, 0.1) is 0 Å². The minimum Gasteiger partial charge on any atom is -0.330 e. The number of hydrogen-bond donors (Lipinski definition) is 1. The molecule has 7 heteroatoms. The third-order valence-electron chi connectivity index (χ3n) is 3.28. The highest BCUT2D eigenvalue weighted by molar-refractivity contribution is 7.89. The zero-order chi connectivity index (χ0) is 13.7. The van der Waals surface area contributed by atoms with E-state index in [2.05, 4.69) is 9.88 Å². The monoisotopic (exact) mass is 284 g/mol. The standard InChI is InChI=1S/C12H20N4O2S/c13-4-2-6-15-7-9-16(10-8-15)19(17,18)12-3-1-5-14-11-12/h1,3,5,11H,2,4,6-10,13H2. The number of nitrogens with zero attached hydrogens (tertiary/aromatic N) is 3. The Morgan fingerprint density at radius 2 is 2.00 bits per heavy atom. The molecule has 1 saturated heterocycles. The van der Waals surface area contributed by atoms with Crippen LogP contribution in [-0.2, 0) is 10.0 Å². The van der Waals surface area contributed by atoms with Crippen molar-refractivity contribution >= 4 is 10.0 Å². The summed E-state index contributed by atoms with van der Waals surface area (Å²) in [4.78, 5) is 6.39. The number of sulfonamides is 1. The predicted octanol–water partition coefficient (Wildman–Crippen LogP) is -0.263. The Balaban J connectivity index is 1.98. The van der Waals surface area contributed by atoms with Crippen molar-refractivity contribution in [1.29, 1.82) is 0 Å². The second kappa shape index (κ2) is 6.42. The molecule has 0 aromatic carbocycles. The average Bonchev–Trinajstić information content (AvgIpc) is 2.46. The fourth-order valence-corrected chi connectivity index (χ4v) is 3.54. The van der Waals surface area contributed by atoms with Gasteiger partial charge in [0.05, 0.1) is 0 Å². The molecule has 1 aromatic rings. The molecule has 0 atom stereocenters. The largest absolute Gasteiger partial charge is 0.330 e. The minimum absolute atomic E-state index is 0.269. The number of pyridine rings is 1. The van der Waals surface area contributed by atoms with Crippen molar-refractivity contribution < 1.29 is 8.42 Å². The molecule has 0 unspecified atom stereocenters. The van der Waals surface area contributed by atoms with Crippen molar-refractivity contribution in [1.82, 2.24) is 14.2 Å². The van der Waals surface area contributed by atoms with E-state index in [-0.39, 0.29) is 4.90 Å². The first-order valence-electron chi connectivity index (χ1n) is 6.47. The molecule has 2 N–H and O–H groups in total. The number of aromatic nitrogens is 1. The first-order chi connectivity index (χ1) is 9.14. The molecule has 1 aliphatic heterocycles. The minimum atomic E-state index is -3.39. The molecule has 1 aliphatic rings. The molecule has 19 heavy (non-hydrogen) atoms. The molecule has 1 fully saturated rings. The SMILES string of the molecule is NCCCN1CCN(S(=O)(=O)c2cccnc2)CC1. The van der Waals surface area contributed by atoms with Crippen LogP contribution < -0.4 is 5.73 Å². The van der Waals surface area contributed by atoms with E-state index in [9.17, 15) is 8.42 Å². The topological polar surface area (TPSA) is 79.5 Å². The van der Waals surface area contributed by atoms with Gasteiger partial charge in [-0.05, 0) is 31.6 Å². The van der Waals surface area contributed by atoms with Gasteiger partial charge in [-0.1, -0.05) is 0 Å². The van der Waals surface area contributed by atoms with Crippen LogP contribution in [0.4, 0.5) is 0 Å². The van der Waals surface area contributed by atoms with Crippen LogP contribution in [0.5, 0.6) is 0 Å². The molecule has 2 heterocycles. The van der Waals surface area contributed by atoms with Gasteiger partial charge in [0.25, 0.3) is 0 Å². The van der Waals surface area contributed by atoms with E-state index in [1.54, 1.807) is 18.3 Å². The van der Waals surface area contributed by atoms with Crippen LogP contribution in [0.25, 0.3) is 0 Å². The Morgan fingerprint density at radius 1 is 1.26 bits per heavy atom. The van der Waals surface area contributed by atoms with Crippen molar-refractivity contribution in [2.45, 2.75) is 11.3 Å². The van der Waals surface area contributed by atoms with E-state index < -0.39 is 10.0 Å². The van der Waals surface area contributed by atoms with Gasteiger partial charge in [0, 0.05) is 38.6 Å². The Morgan fingerprint density at radius 3 is 2.58 bits per heavy atom. The average molecular weight is 284 g/mol. The van der Waals surface area contributed by atoms with Gasteiger partial charge in [-0.25, -0.2) is 8.42 Å². The van der Waals surface area contributed by atoms with Gasteiger partial charge in [0.15, 0.2) is 0 Å². The van der Waals surface area contributed by atoms with E-state index >= 15 is 0 Å². The second-order valence-electron chi connectivity index (χ2n) is 4.58. The lowest BCUT2D eigenvalue weighted by atomic mass is 10.3. The molecule has 0 aliphatic carbocycles. The van der Waals surface area contributed by atoms with Gasteiger partial charge in [0.2, 0.25) is 10.0 Å². The van der Waals surface area contributed by atoms with E-state index in [4.69, 9.17) is 5.73 Å². The summed E-state index contributed by atoms with van der Waals surface area (Å²) in [5.41, 5.74) is 5.48. The molecule has 0 bridgehead atoms. The Kier molecular flexibility index (Phi) is 4.87. The highest BCUT2D eigenvalue weighted by Gasteiger charge is 2.28. The highest BCUT2D eigenvalue weighted by atomic mass is 32.2. The summed E-state index contributed by atoms with van der Waals surface area (Å²) < 4.78 is 26.2. The van der Waals surface area contributed by atoms with E-state index in [1.807, 2.05) is 0 Å². The molecule has 0 radical (unpaired) electrons. The molecule has 0 spiro atoms. The van der Waals surface area contributed by atoms with Crippen LogP contribution >= 0.6 is 0 Å². The smallest absolute Gasteiger partial charge is 0.244 e. The summed E-state index contributed by atoms with van der Waals surface area (Å²) in [6.45, 7) is 4.20. The summed E-state index contributed by atoms with van der Waals surface area (Å²) in [5.74, 6) is 0. The molecule has 2 rings (SSSR count). The summed E-state index contributed by atoms with van der Waals surface area (Å²) in [6, 6.07) is 3.23. The van der Waals surface area contributed by atoms with E-state index in [1.165, 1.54) is 10.5 Å². The lowest BCUT2D eigenvalue weighted by molar-refractivity contribution is 0.187. The predicted molar refractivity (Wildman–Crippen MR) is 73.1 cm³/mol. The maximum Gasteiger partial charge on any atom is 0.244 e. The van der Waals surface area contributed by atoms with Gasteiger partial charge in [-0.3, -0.25) is 4.98 Å². The third kappa shape index (κ3) is 3.50. The lowest BCUT2D eigenvalue weighted by Crippen LogP contribution is -2.48. The van der Waals surface area contributed by atoms with Crippen LogP contribution in [0.3, 0.4) is 0 Å². The van der Waals surface area contributed by atoms with Gasteiger partial charge in [-0.15, -0.1) is 0 Å². The zero-order valence-electron chi connectivity index (χ0n) is 10.9. The summed E-state index contributed by atoms with van der Waals surface area (Å²) >= 11 is 0. The van der Waals surface area contributed by atoms with Crippen molar-refractivity contribution in [3.63, 3.8) is 0 Å². The fraction of sp³-hybridized carbons (Fsp3) is 0.583. The maximum atomic E-state index is 12.4. The van der Waals surface area contributed by atoms with Crippen LogP contribution in [0.2, 0.25) is 0 Å². The van der Waals surface area contributed by atoms with E-state index in [0.717, 1.165) is 26.1 Å². The Labute approximate surface area is 114 Å². The molecule has 106 valence electrons. The number of piperazine rings is 1. The number of nitrogens with two attached hydrogens (primary N) is 1. The fourth-order valence-electron chi connectivity index (χ4n) is 2.16. The van der Waals surface area contributed by atoms with Crippen LogP contribution in [-0.4, -0.2) is 61.9 Å². The van der Waals surface area contributed by atoms with Crippen LogP contribution in [0.1, 0.15) is 6.42 Å². The first kappa shape index (κ1) is 14.4.